The molecule has 3 rings (SSSR count). The first-order valence-corrected chi connectivity index (χ1v) is 56.4. The number of carbonyl (C=O) groups excluding carboxylic acids is 3. The molecule has 3 aromatic carbocycles. The van der Waals surface area contributed by atoms with Gasteiger partial charge in [0.2, 0.25) is 0 Å². The molecule has 0 aliphatic heterocycles. The van der Waals surface area contributed by atoms with Gasteiger partial charge in [0.1, 0.15) is 0 Å². The lowest BCUT2D eigenvalue weighted by molar-refractivity contribution is -0.154. The Labute approximate surface area is 873 Å². The van der Waals surface area contributed by atoms with E-state index in [0.717, 1.165) is 263 Å². The van der Waals surface area contributed by atoms with Crippen LogP contribution in [0.2, 0.25) is 0 Å². The van der Waals surface area contributed by atoms with Crippen LogP contribution in [0.15, 0.2) is 91.0 Å². The molecule has 135 heavy (non-hydrogen) atoms. The lowest BCUT2D eigenvalue weighted by atomic mass is 9.87. The van der Waals surface area contributed by atoms with Gasteiger partial charge >= 0.3 is 23.9 Å². The average Bonchev–Trinajstić information content (AvgIpc) is 0.885. The number of aliphatic hydroxyl groups excluding tert-OH is 3. The summed E-state index contributed by atoms with van der Waals surface area (Å²) in [5.74, 6) is 0.400. The second-order valence-electron chi connectivity index (χ2n) is 41.1. The second kappa shape index (κ2) is 93.9. The molecule has 19 nitrogen and oxygen atoms in total. The number of unbranched alkanes of at least 4 members (excludes halogenated alkanes) is 12. The number of benzene rings is 3. The van der Waals surface area contributed by atoms with E-state index in [2.05, 4.69) is 184 Å². The lowest BCUT2D eigenvalue weighted by Gasteiger charge is -2.24. The maximum absolute atomic E-state index is 11.8. The van der Waals surface area contributed by atoms with Crippen molar-refractivity contribution in [1.29, 1.82) is 0 Å². The molecule has 0 aliphatic carbocycles. The van der Waals surface area contributed by atoms with Gasteiger partial charge in [-0.3, -0.25) is 19.2 Å². The van der Waals surface area contributed by atoms with Gasteiger partial charge in [-0.05, 0) is 269 Å². The van der Waals surface area contributed by atoms with E-state index in [-0.39, 0.29) is 72.1 Å². The van der Waals surface area contributed by atoms with Crippen LogP contribution in [0.25, 0.3) is 0 Å². The number of carboxylic acids is 1. The summed E-state index contributed by atoms with van der Waals surface area (Å²) in [7, 11) is 0. The molecule has 796 valence electrons. The summed E-state index contributed by atoms with van der Waals surface area (Å²) in [6, 6.07) is 30.9. The van der Waals surface area contributed by atoms with Gasteiger partial charge in [-0.15, -0.1) is 23.2 Å². The molecule has 24 heteroatoms. The molecule has 0 radical (unpaired) electrons. The Hall–Kier alpha value is -2.38. The summed E-state index contributed by atoms with van der Waals surface area (Å²) in [5, 5.41) is 37.5. The molecule has 0 aromatic heterocycles. The number of carboxylic acid groups (broad SMARTS) is 1. The molecule has 0 heterocycles. The Balaban J connectivity index is -0.000000368. The third-order valence-electron chi connectivity index (χ3n) is 22.2. The Morgan fingerprint density at radius 3 is 0.763 bits per heavy atom. The number of rotatable bonds is 75. The fraction of sp³-hybridized carbons (Fsp3) is 0.802. The molecule has 0 atom stereocenters. The minimum atomic E-state index is -0.723. The van der Waals surface area contributed by atoms with Crippen LogP contribution in [-0.4, -0.2) is 197 Å². The van der Waals surface area contributed by atoms with Gasteiger partial charge in [-0.1, -0.05) is 287 Å². The highest BCUT2D eigenvalue weighted by molar-refractivity contribution is 14.1. The first-order valence-electron chi connectivity index (χ1n) is 51.1. The third-order valence-corrected chi connectivity index (χ3v) is 24.9. The van der Waals surface area contributed by atoms with E-state index >= 15 is 0 Å². The Morgan fingerprint density at radius 1 is 0.326 bits per heavy atom. The van der Waals surface area contributed by atoms with Crippen LogP contribution < -0.4 is 0 Å². The quantitative estimate of drug-likeness (QED) is 0.0135. The molecule has 0 aliphatic rings. The van der Waals surface area contributed by atoms with E-state index in [0.29, 0.717) is 52.7 Å². The van der Waals surface area contributed by atoms with Crippen LogP contribution in [0.3, 0.4) is 0 Å². The molecular formula is C111H203BrCl2I2O19. The summed E-state index contributed by atoms with van der Waals surface area (Å²) in [6.07, 6.45) is 33.7. The topological polar surface area (TPSA) is 251 Å². The van der Waals surface area contributed by atoms with Crippen LogP contribution in [0.4, 0.5) is 0 Å². The summed E-state index contributed by atoms with van der Waals surface area (Å²) in [4.78, 5) is 45.1. The van der Waals surface area contributed by atoms with Gasteiger partial charge in [-0.2, -0.15) is 0 Å². The maximum Gasteiger partial charge on any atom is 0.311 e. The number of alkyl halides is 5. The number of hydrogen-bond donors (Lipinski definition) is 4. The Morgan fingerprint density at radius 2 is 0.556 bits per heavy atom. The van der Waals surface area contributed by atoms with E-state index in [1.54, 1.807) is 20.8 Å². The zero-order chi connectivity index (χ0) is 103. The molecule has 0 bridgehead atoms. The monoisotopic (exact) mass is 2240 g/mol. The van der Waals surface area contributed by atoms with Crippen molar-refractivity contribution < 1.29 is 93.1 Å². The molecule has 0 saturated heterocycles. The smallest absolute Gasteiger partial charge is 0.311 e. The zero-order valence-electron chi connectivity index (χ0n) is 89.3. The van der Waals surface area contributed by atoms with E-state index in [1.165, 1.54) is 57.6 Å². The standard InChI is InChI=1S/C23H38O4.C23H40O3.C20H38O5.C16H34O3.C8H16Cl2O.C8H16I2O.C7H7Br.C6H12O2.H2/c1-22(2,19-27-18-20-12-6-5-7-13-20)14-8-10-16-26-17-11-9-15-23(3,4)21(24)25;1-22(2,19-24)14-8-10-16-25-17-11-9-15-23(3,4)20-26-18-21-12-6-5-7-13-21;1-7-24-17(21)19(3,4)13-9-11-15-23-16-12-10-14-20(5,6)18(22)25-8-2;1-15(2,13-17)9-5-7-11-19-12-8-6-10-16(3,4)14-18;2*9-5-1-3-7-11-8-4-2-6-10;8-6-7-4-2-1-3-5-7;1-4-8-6(7)5(2)3;/h5-7,12-13H,8-11,14-19H2,1-4H3,(H,24,25);5-7,12-13,24H,8-11,14-20H2,1-4H3;7-16H2,1-6H3;17-18H,5-14H2,1-4H3;2*1-8H2;1-5H,6H2;5H,4H2,1-3H3;1H/i;;;;;;;;1+1. The number of hydrogen-bond acceptors (Lipinski definition) is 18. The molecule has 0 fully saturated rings. The molecular weight excluding hydrogens is 2040 g/mol. The highest BCUT2D eigenvalue weighted by Gasteiger charge is 2.31. The first kappa shape index (κ1) is 141. The van der Waals surface area contributed by atoms with Gasteiger partial charge in [-0.25, -0.2) is 0 Å². The van der Waals surface area contributed by atoms with Crippen LogP contribution in [0.5, 0.6) is 0 Å². The fourth-order valence-corrected chi connectivity index (χ4v) is 14.2. The van der Waals surface area contributed by atoms with Crippen molar-refractivity contribution in [3.05, 3.63) is 108 Å². The van der Waals surface area contributed by atoms with Crippen LogP contribution >= 0.6 is 84.3 Å². The van der Waals surface area contributed by atoms with E-state index < -0.39 is 22.2 Å². The van der Waals surface area contributed by atoms with E-state index in [9.17, 15) is 24.3 Å². The summed E-state index contributed by atoms with van der Waals surface area (Å²) >= 11 is 19.2. The Bertz CT molecular complexity index is 2980. The van der Waals surface area contributed by atoms with E-state index in [4.69, 9.17) is 85.9 Å². The van der Waals surface area contributed by atoms with Crippen molar-refractivity contribution >= 4 is 108 Å². The number of aliphatic carboxylic acids is 1. The van der Waals surface area contributed by atoms with Crippen LogP contribution in [0.1, 0.15) is 369 Å². The van der Waals surface area contributed by atoms with Crippen LogP contribution in [0, 0.1) is 49.2 Å². The molecule has 0 amide bonds. The number of aliphatic hydroxyl groups is 3. The molecule has 3 aromatic rings. The van der Waals surface area contributed by atoms with Gasteiger partial charge in [0.15, 0.2) is 0 Å². The minimum absolute atomic E-state index is 0. The second-order valence-corrected chi connectivity index (χ2v) is 44.6. The van der Waals surface area contributed by atoms with Crippen molar-refractivity contribution in [2.75, 3.05) is 153 Å². The van der Waals surface area contributed by atoms with Crippen molar-refractivity contribution in [1.82, 2.24) is 0 Å². The summed E-state index contributed by atoms with van der Waals surface area (Å²) < 4.78 is 62.6. The normalized spacial score (nSPS) is 11.7. The van der Waals surface area contributed by atoms with Gasteiger partial charge in [0.25, 0.3) is 0 Å². The molecule has 0 unspecified atom stereocenters. The van der Waals surface area contributed by atoms with E-state index in [1.807, 2.05) is 97.9 Å². The number of halogens is 5. The summed E-state index contributed by atoms with van der Waals surface area (Å²) in [6.45, 7) is 56.9. The van der Waals surface area contributed by atoms with Crippen molar-refractivity contribution in [3.63, 3.8) is 0 Å². The third kappa shape index (κ3) is 98.8. The van der Waals surface area contributed by atoms with Gasteiger partial charge in [0, 0.05) is 118 Å². The number of ether oxygens (including phenoxy) is 11. The predicted molar refractivity (Wildman–Crippen MR) is 589 cm³/mol. The lowest BCUT2D eigenvalue weighted by Crippen LogP contribution is -2.26. The van der Waals surface area contributed by atoms with Gasteiger partial charge < -0.3 is 72.5 Å². The number of esters is 3. The van der Waals surface area contributed by atoms with Crippen LogP contribution in [-0.2, 0) is 89.8 Å². The minimum Gasteiger partial charge on any atom is -0.481 e. The van der Waals surface area contributed by atoms with Gasteiger partial charge in [0.05, 0.1) is 68.4 Å². The average molecular weight is 2250 g/mol. The number of carbonyl (C=O) groups is 4. The maximum atomic E-state index is 11.8. The highest BCUT2D eigenvalue weighted by Crippen LogP contribution is 2.31. The van der Waals surface area contributed by atoms with Crippen molar-refractivity contribution in [2.24, 2.45) is 49.2 Å². The largest absolute Gasteiger partial charge is 0.481 e. The SMILES string of the molecule is BrCc1ccccc1.CC(C)(CCCCOCCCCC(C)(C)C(=O)O)COCc1ccccc1.CC(C)(CO)CCCCOCCCCC(C)(C)CO.CC(C)(CO)CCCCOCCCCC(C)(C)COCc1ccccc1.CCOC(=O)C(C)(C)CCCCOCCCCC(C)(C)C(=O)OCC.CCOC(=O)C(C)C.ClCCCCOCCCCCl.ICCCCOCCCCI.[2HH]. The summed E-state index contributed by atoms with van der Waals surface area (Å²) in [5.41, 5.74) is 2.85. The Kier molecular flexibility index (Phi) is 98.2. The van der Waals surface area contributed by atoms with Crippen molar-refractivity contribution in [3.8, 4) is 0 Å². The zero-order valence-corrected chi connectivity index (χ0v) is 96.7. The molecule has 0 spiro atoms. The van der Waals surface area contributed by atoms with Crippen molar-refractivity contribution in [2.45, 2.75) is 369 Å². The highest BCUT2D eigenvalue weighted by atomic mass is 127. The fourth-order valence-electron chi connectivity index (χ4n) is 12.4. The first-order chi connectivity index (χ1) is 64.0. The predicted octanol–water partition coefficient (Wildman–Crippen LogP) is 29.7. The molecule has 4 N–H and O–H groups in total. The molecule has 0 saturated carbocycles.